The van der Waals surface area contributed by atoms with E-state index in [9.17, 15) is 25.2 Å². The minimum atomic E-state index is -1.27. The van der Waals surface area contributed by atoms with Crippen molar-refractivity contribution in [3.05, 3.63) is 24.3 Å². The largest absolute Gasteiger partial charge is 0.394 e. The van der Waals surface area contributed by atoms with Crippen molar-refractivity contribution in [1.29, 1.82) is 0 Å². The molecule has 4 atom stereocenters. The molecule has 0 aromatic rings. The van der Waals surface area contributed by atoms with E-state index in [4.69, 9.17) is 0 Å². The van der Waals surface area contributed by atoms with Crippen LogP contribution in [0.3, 0.4) is 0 Å². The molecule has 0 aromatic heterocycles. The molecule has 0 aliphatic rings. The van der Waals surface area contributed by atoms with Crippen LogP contribution in [-0.4, -0.2) is 57.3 Å². The zero-order valence-corrected chi connectivity index (χ0v) is 20.4. The zero-order chi connectivity index (χ0) is 24.0. The number of amides is 1. The van der Waals surface area contributed by atoms with Gasteiger partial charge in [-0.3, -0.25) is 4.79 Å². The van der Waals surface area contributed by atoms with E-state index in [0.717, 1.165) is 38.5 Å². The van der Waals surface area contributed by atoms with Crippen molar-refractivity contribution in [3.63, 3.8) is 0 Å². The molecule has 6 nitrogen and oxygen atoms in total. The Bertz CT molecular complexity index is 495. The van der Waals surface area contributed by atoms with Gasteiger partial charge >= 0.3 is 0 Å². The third-order valence-corrected chi connectivity index (χ3v) is 5.68. The Hall–Kier alpha value is -1.21. The van der Waals surface area contributed by atoms with Crippen LogP contribution >= 0.6 is 0 Å². The summed E-state index contributed by atoms with van der Waals surface area (Å²) in [5, 5.41) is 42.3. The topological polar surface area (TPSA) is 110 Å². The van der Waals surface area contributed by atoms with Crippen LogP contribution in [0.4, 0.5) is 0 Å². The molecule has 4 unspecified atom stereocenters. The summed E-state index contributed by atoms with van der Waals surface area (Å²) in [6, 6.07) is -1.01. The fraction of sp³-hybridized carbons (Fsp3) is 0.808. The lowest BCUT2D eigenvalue weighted by Crippen LogP contribution is -2.53. The van der Waals surface area contributed by atoms with Crippen LogP contribution in [0.15, 0.2) is 24.3 Å². The second-order valence-electron chi connectivity index (χ2n) is 8.69. The smallest absolute Gasteiger partial charge is 0.249 e. The van der Waals surface area contributed by atoms with E-state index in [0.29, 0.717) is 6.42 Å². The fourth-order valence-electron chi connectivity index (χ4n) is 3.50. The van der Waals surface area contributed by atoms with Gasteiger partial charge in [0.2, 0.25) is 5.91 Å². The molecule has 6 heteroatoms. The minimum absolute atomic E-state index is 0.158. The molecule has 0 radical (unpaired) electrons. The highest BCUT2D eigenvalue weighted by atomic mass is 16.3. The molecule has 5 N–H and O–H groups in total. The maximum Gasteiger partial charge on any atom is 0.249 e. The summed E-state index contributed by atoms with van der Waals surface area (Å²) in [5.41, 5.74) is 0. The molecule has 32 heavy (non-hydrogen) atoms. The van der Waals surface area contributed by atoms with E-state index in [-0.39, 0.29) is 6.42 Å². The Labute approximate surface area is 195 Å². The van der Waals surface area contributed by atoms with Crippen LogP contribution in [0.1, 0.15) is 104 Å². The molecular weight excluding hydrogens is 406 g/mol. The van der Waals surface area contributed by atoms with Gasteiger partial charge in [0.15, 0.2) is 0 Å². The van der Waals surface area contributed by atoms with Gasteiger partial charge < -0.3 is 25.7 Å². The van der Waals surface area contributed by atoms with Gasteiger partial charge in [-0.15, -0.1) is 0 Å². The van der Waals surface area contributed by atoms with E-state index in [2.05, 4.69) is 31.3 Å². The first kappa shape index (κ1) is 30.8. The summed E-state index contributed by atoms with van der Waals surface area (Å²) in [7, 11) is 0. The number of nitrogens with one attached hydrogen (secondary N) is 1. The summed E-state index contributed by atoms with van der Waals surface area (Å²) < 4.78 is 0. The van der Waals surface area contributed by atoms with Gasteiger partial charge in [-0.1, -0.05) is 95.9 Å². The quantitative estimate of drug-likeness (QED) is 0.132. The monoisotopic (exact) mass is 455 g/mol. The van der Waals surface area contributed by atoms with Crippen LogP contribution in [0.2, 0.25) is 0 Å². The van der Waals surface area contributed by atoms with Crippen LogP contribution in [-0.2, 0) is 4.79 Å². The second kappa shape index (κ2) is 21.6. The Kier molecular flexibility index (Phi) is 20.8. The Morgan fingerprint density at radius 2 is 1.41 bits per heavy atom. The van der Waals surface area contributed by atoms with E-state index in [1.807, 2.05) is 6.08 Å². The van der Waals surface area contributed by atoms with Crippen molar-refractivity contribution in [3.8, 4) is 0 Å². The first-order valence-corrected chi connectivity index (χ1v) is 12.7. The number of hydrogen-bond donors (Lipinski definition) is 5. The SMILES string of the molecule is CCCCCCCC/C=C\C/C=C\CC(O)C(=O)NC(CO)C(O)C(O)CCCCCC. The lowest BCUT2D eigenvalue weighted by molar-refractivity contribution is -0.132. The summed E-state index contributed by atoms with van der Waals surface area (Å²) in [6.07, 6.45) is 18.4. The van der Waals surface area contributed by atoms with Gasteiger partial charge in [0.25, 0.3) is 0 Å². The summed E-state index contributed by atoms with van der Waals surface area (Å²) in [5.74, 6) is -0.662. The standard InChI is InChI=1S/C26H49NO5/c1-3-5-7-9-10-11-12-13-14-15-16-18-20-24(30)26(32)27-22(21-28)25(31)23(29)19-17-8-6-4-2/h13-14,16,18,22-25,28-31H,3-12,15,17,19-21H2,1-2H3,(H,27,32)/b14-13-,18-16-. The van der Waals surface area contributed by atoms with Gasteiger partial charge in [0.1, 0.15) is 12.2 Å². The van der Waals surface area contributed by atoms with E-state index in [1.165, 1.54) is 38.5 Å². The molecule has 0 aliphatic carbocycles. The maximum atomic E-state index is 12.2. The van der Waals surface area contributed by atoms with Crippen LogP contribution in [0.5, 0.6) is 0 Å². The molecule has 0 heterocycles. The average Bonchev–Trinajstić information content (AvgIpc) is 2.80. The van der Waals surface area contributed by atoms with Crippen molar-refractivity contribution in [1.82, 2.24) is 5.32 Å². The van der Waals surface area contributed by atoms with Crippen LogP contribution in [0, 0.1) is 0 Å². The van der Waals surface area contributed by atoms with Gasteiger partial charge in [-0.25, -0.2) is 0 Å². The van der Waals surface area contributed by atoms with Crippen molar-refractivity contribution >= 4 is 5.91 Å². The van der Waals surface area contributed by atoms with E-state index < -0.39 is 36.9 Å². The zero-order valence-electron chi connectivity index (χ0n) is 20.4. The summed E-state index contributed by atoms with van der Waals surface area (Å²) in [6.45, 7) is 3.81. The molecule has 0 saturated heterocycles. The molecule has 188 valence electrons. The Balaban J connectivity index is 4.09. The lowest BCUT2D eigenvalue weighted by Gasteiger charge is -2.27. The van der Waals surface area contributed by atoms with Crippen LogP contribution < -0.4 is 5.32 Å². The van der Waals surface area contributed by atoms with Crippen molar-refractivity contribution in [2.45, 2.75) is 128 Å². The summed E-state index contributed by atoms with van der Waals surface area (Å²) in [4.78, 5) is 12.2. The Morgan fingerprint density at radius 3 is 2.06 bits per heavy atom. The van der Waals surface area contributed by atoms with E-state index >= 15 is 0 Å². The van der Waals surface area contributed by atoms with Crippen molar-refractivity contribution in [2.24, 2.45) is 0 Å². The highest BCUT2D eigenvalue weighted by molar-refractivity contribution is 5.81. The number of aliphatic hydroxyl groups excluding tert-OH is 4. The second-order valence-corrected chi connectivity index (χ2v) is 8.69. The third kappa shape index (κ3) is 16.4. The first-order valence-electron chi connectivity index (χ1n) is 12.7. The van der Waals surface area contributed by atoms with Gasteiger partial charge in [-0.2, -0.15) is 0 Å². The summed E-state index contributed by atoms with van der Waals surface area (Å²) >= 11 is 0. The first-order chi connectivity index (χ1) is 15.5. The van der Waals surface area contributed by atoms with Crippen molar-refractivity contribution in [2.75, 3.05) is 6.61 Å². The fourth-order valence-corrected chi connectivity index (χ4v) is 3.50. The van der Waals surface area contributed by atoms with Gasteiger partial charge in [-0.05, 0) is 25.7 Å². The lowest BCUT2D eigenvalue weighted by atomic mass is 10.00. The molecule has 0 bridgehead atoms. The maximum absolute atomic E-state index is 12.2. The highest BCUT2D eigenvalue weighted by Gasteiger charge is 2.28. The minimum Gasteiger partial charge on any atom is -0.394 e. The Morgan fingerprint density at radius 1 is 0.812 bits per heavy atom. The predicted octanol–water partition coefficient (Wildman–Crippen LogP) is 4.16. The van der Waals surface area contributed by atoms with Gasteiger partial charge in [0.05, 0.1) is 18.8 Å². The molecule has 0 aliphatic heterocycles. The number of aliphatic hydroxyl groups is 4. The number of allylic oxidation sites excluding steroid dienone is 3. The number of carbonyl (C=O) groups excluding carboxylic acids is 1. The molecule has 0 aromatic carbocycles. The molecular formula is C26H49NO5. The van der Waals surface area contributed by atoms with Crippen LogP contribution in [0.25, 0.3) is 0 Å². The molecule has 0 spiro atoms. The average molecular weight is 456 g/mol. The highest BCUT2D eigenvalue weighted by Crippen LogP contribution is 2.11. The molecule has 0 fully saturated rings. The normalized spacial score (nSPS) is 15.8. The number of unbranched alkanes of at least 4 members (excludes halogenated alkanes) is 9. The molecule has 1 amide bonds. The van der Waals surface area contributed by atoms with E-state index in [1.54, 1.807) is 6.08 Å². The number of rotatable bonds is 21. The van der Waals surface area contributed by atoms with Gasteiger partial charge in [0, 0.05) is 6.42 Å². The molecule has 0 saturated carbocycles. The number of carbonyl (C=O) groups is 1. The van der Waals surface area contributed by atoms with Crippen molar-refractivity contribution < 1.29 is 25.2 Å². The predicted molar refractivity (Wildman–Crippen MR) is 131 cm³/mol. The third-order valence-electron chi connectivity index (χ3n) is 5.68. The number of hydrogen-bond acceptors (Lipinski definition) is 5. The molecule has 0 rings (SSSR count).